The summed E-state index contributed by atoms with van der Waals surface area (Å²) in [4.78, 5) is 26.1. The van der Waals surface area contributed by atoms with Crippen molar-refractivity contribution < 1.29 is 19.1 Å². The lowest BCUT2D eigenvalue weighted by atomic mass is 10.0. The standard InChI is InChI=1S/C17H21ClN2O4/c1-2-15(21)19-12-4-3-5-20(10-12)17(22)11-8-13(18)16-14(9-11)23-6-7-24-16/h8-9,12H,2-7,10H2,1H3,(H,19,21). The highest BCUT2D eigenvalue weighted by atomic mass is 35.5. The van der Waals surface area contributed by atoms with Gasteiger partial charge in [0.05, 0.1) is 5.02 Å². The van der Waals surface area contributed by atoms with Gasteiger partial charge < -0.3 is 19.7 Å². The van der Waals surface area contributed by atoms with Crippen LogP contribution in [0.2, 0.25) is 5.02 Å². The van der Waals surface area contributed by atoms with Gasteiger partial charge in [0.15, 0.2) is 11.5 Å². The molecule has 2 amide bonds. The van der Waals surface area contributed by atoms with Crippen molar-refractivity contribution in [1.29, 1.82) is 0 Å². The number of ether oxygens (including phenoxy) is 2. The lowest BCUT2D eigenvalue weighted by Gasteiger charge is -2.33. The van der Waals surface area contributed by atoms with Crippen molar-refractivity contribution in [2.75, 3.05) is 26.3 Å². The average molecular weight is 353 g/mol. The summed E-state index contributed by atoms with van der Waals surface area (Å²) in [6.45, 7) is 3.89. The van der Waals surface area contributed by atoms with E-state index in [4.69, 9.17) is 21.1 Å². The van der Waals surface area contributed by atoms with E-state index in [2.05, 4.69) is 5.32 Å². The first-order valence-electron chi connectivity index (χ1n) is 8.26. The van der Waals surface area contributed by atoms with Crippen LogP contribution in [0, 0.1) is 0 Å². The molecule has 2 aliphatic rings. The number of amides is 2. The lowest BCUT2D eigenvalue weighted by Crippen LogP contribution is -2.49. The Morgan fingerprint density at radius 3 is 2.92 bits per heavy atom. The molecule has 1 saturated heterocycles. The Morgan fingerprint density at radius 1 is 1.33 bits per heavy atom. The first-order valence-corrected chi connectivity index (χ1v) is 8.64. The molecule has 1 aromatic rings. The number of hydrogen-bond acceptors (Lipinski definition) is 4. The van der Waals surface area contributed by atoms with Gasteiger partial charge in [-0.2, -0.15) is 0 Å². The van der Waals surface area contributed by atoms with E-state index < -0.39 is 0 Å². The van der Waals surface area contributed by atoms with E-state index in [1.165, 1.54) is 0 Å². The zero-order valence-electron chi connectivity index (χ0n) is 13.6. The van der Waals surface area contributed by atoms with Crippen LogP contribution in [0.25, 0.3) is 0 Å². The molecule has 0 saturated carbocycles. The van der Waals surface area contributed by atoms with Gasteiger partial charge in [-0.25, -0.2) is 0 Å². The largest absolute Gasteiger partial charge is 0.486 e. The molecule has 0 aliphatic carbocycles. The van der Waals surface area contributed by atoms with Gasteiger partial charge in [0.2, 0.25) is 5.91 Å². The lowest BCUT2D eigenvalue weighted by molar-refractivity contribution is -0.121. The van der Waals surface area contributed by atoms with Crippen LogP contribution in [-0.2, 0) is 4.79 Å². The van der Waals surface area contributed by atoms with Crippen molar-refractivity contribution in [1.82, 2.24) is 10.2 Å². The smallest absolute Gasteiger partial charge is 0.254 e. The molecule has 2 aliphatic heterocycles. The summed E-state index contributed by atoms with van der Waals surface area (Å²) >= 11 is 6.21. The fourth-order valence-electron chi connectivity index (χ4n) is 3.03. The molecule has 0 aromatic heterocycles. The van der Waals surface area contributed by atoms with Gasteiger partial charge in [-0.05, 0) is 25.0 Å². The van der Waals surface area contributed by atoms with E-state index in [0.717, 1.165) is 12.8 Å². The van der Waals surface area contributed by atoms with Gasteiger partial charge in [-0.15, -0.1) is 0 Å². The number of nitrogens with zero attached hydrogens (tertiary/aromatic N) is 1. The van der Waals surface area contributed by atoms with E-state index in [1.807, 2.05) is 6.92 Å². The molecule has 0 spiro atoms. The van der Waals surface area contributed by atoms with Crippen molar-refractivity contribution >= 4 is 23.4 Å². The molecular weight excluding hydrogens is 332 g/mol. The monoisotopic (exact) mass is 352 g/mol. The molecule has 1 atom stereocenters. The second-order valence-corrected chi connectivity index (χ2v) is 6.40. The number of likely N-dealkylation sites (tertiary alicyclic amines) is 1. The van der Waals surface area contributed by atoms with Crippen LogP contribution in [-0.4, -0.2) is 49.1 Å². The summed E-state index contributed by atoms with van der Waals surface area (Å²) in [5.41, 5.74) is 0.478. The predicted octanol–water partition coefficient (Wildman–Crippen LogP) is 2.24. The number of halogens is 1. The van der Waals surface area contributed by atoms with Gasteiger partial charge in [0, 0.05) is 31.1 Å². The number of hydrogen-bond donors (Lipinski definition) is 1. The molecule has 130 valence electrons. The third-order valence-electron chi connectivity index (χ3n) is 4.24. The maximum Gasteiger partial charge on any atom is 0.254 e. The highest BCUT2D eigenvalue weighted by molar-refractivity contribution is 6.32. The Balaban J connectivity index is 1.74. The van der Waals surface area contributed by atoms with Crippen molar-refractivity contribution in [3.05, 3.63) is 22.7 Å². The van der Waals surface area contributed by atoms with Crippen molar-refractivity contribution in [3.8, 4) is 11.5 Å². The van der Waals surface area contributed by atoms with Crippen LogP contribution in [0.15, 0.2) is 12.1 Å². The molecular formula is C17H21ClN2O4. The predicted molar refractivity (Wildman–Crippen MR) is 89.8 cm³/mol. The van der Waals surface area contributed by atoms with Crippen LogP contribution in [0.5, 0.6) is 11.5 Å². The Morgan fingerprint density at radius 2 is 2.12 bits per heavy atom. The van der Waals surface area contributed by atoms with Crippen molar-refractivity contribution in [3.63, 3.8) is 0 Å². The minimum Gasteiger partial charge on any atom is -0.486 e. The molecule has 24 heavy (non-hydrogen) atoms. The summed E-state index contributed by atoms with van der Waals surface area (Å²) < 4.78 is 11.0. The van der Waals surface area contributed by atoms with Crippen LogP contribution in [0.3, 0.4) is 0 Å². The fraction of sp³-hybridized carbons (Fsp3) is 0.529. The molecule has 1 aromatic carbocycles. The Bertz CT molecular complexity index is 650. The molecule has 6 nitrogen and oxygen atoms in total. The topological polar surface area (TPSA) is 67.9 Å². The fourth-order valence-corrected chi connectivity index (χ4v) is 3.29. The molecule has 2 heterocycles. The van der Waals surface area contributed by atoms with E-state index in [1.54, 1.807) is 17.0 Å². The van der Waals surface area contributed by atoms with Crippen LogP contribution >= 0.6 is 11.6 Å². The van der Waals surface area contributed by atoms with Crippen LogP contribution < -0.4 is 14.8 Å². The highest BCUT2D eigenvalue weighted by Gasteiger charge is 2.27. The number of fused-ring (bicyclic) bond motifs is 1. The average Bonchev–Trinajstić information content (AvgIpc) is 2.61. The quantitative estimate of drug-likeness (QED) is 0.906. The van der Waals surface area contributed by atoms with Gasteiger partial charge >= 0.3 is 0 Å². The summed E-state index contributed by atoms with van der Waals surface area (Å²) in [5, 5.41) is 3.34. The summed E-state index contributed by atoms with van der Waals surface area (Å²) in [6, 6.07) is 3.30. The Labute approximate surface area is 146 Å². The van der Waals surface area contributed by atoms with Gasteiger partial charge in [0.25, 0.3) is 5.91 Å². The van der Waals surface area contributed by atoms with Gasteiger partial charge in [-0.1, -0.05) is 18.5 Å². The van der Waals surface area contributed by atoms with Gasteiger partial charge in [0.1, 0.15) is 13.2 Å². The molecule has 0 bridgehead atoms. The molecule has 1 N–H and O–H groups in total. The second-order valence-electron chi connectivity index (χ2n) is 5.99. The van der Waals surface area contributed by atoms with Crippen LogP contribution in [0.1, 0.15) is 36.5 Å². The van der Waals surface area contributed by atoms with Crippen LogP contribution in [0.4, 0.5) is 0 Å². The number of carbonyl (C=O) groups excluding carboxylic acids is 2. The molecule has 3 rings (SSSR count). The van der Waals surface area contributed by atoms with Crippen molar-refractivity contribution in [2.45, 2.75) is 32.2 Å². The Hall–Kier alpha value is -1.95. The van der Waals surface area contributed by atoms with Gasteiger partial charge in [-0.3, -0.25) is 9.59 Å². The molecule has 1 unspecified atom stereocenters. The summed E-state index contributed by atoms with van der Waals surface area (Å²) in [7, 11) is 0. The number of piperidine rings is 1. The third-order valence-corrected chi connectivity index (χ3v) is 4.52. The molecule has 0 radical (unpaired) electrons. The summed E-state index contributed by atoms with van der Waals surface area (Å²) in [6.07, 6.45) is 2.19. The first-order chi connectivity index (χ1) is 11.6. The number of carbonyl (C=O) groups is 2. The number of benzene rings is 1. The number of nitrogens with one attached hydrogen (secondary N) is 1. The third kappa shape index (κ3) is 3.59. The zero-order valence-corrected chi connectivity index (χ0v) is 14.4. The zero-order chi connectivity index (χ0) is 17.1. The molecule has 1 fully saturated rings. The first kappa shape index (κ1) is 16.9. The minimum absolute atomic E-state index is 0.00262. The van der Waals surface area contributed by atoms with Crippen molar-refractivity contribution in [2.24, 2.45) is 0 Å². The van der Waals surface area contributed by atoms with E-state index in [9.17, 15) is 9.59 Å². The maximum absolute atomic E-state index is 12.8. The Kier molecular flexibility index (Phi) is 5.14. The second kappa shape index (κ2) is 7.30. The van der Waals surface area contributed by atoms with E-state index in [0.29, 0.717) is 54.8 Å². The minimum atomic E-state index is -0.107. The SMILES string of the molecule is CCC(=O)NC1CCCN(C(=O)c2cc(Cl)c3c(c2)OCCO3)C1. The molecule has 7 heteroatoms. The maximum atomic E-state index is 12.8. The summed E-state index contributed by atoms with van der Waals surface area (Å²) in [5.74, 6) is 0.900. The van der Waals surface area contributed by atoms with E-state index >= 15 is 0 Å². The van der Waals surface area contributed by atoms with E-state index in [-0.39, 0.29) is 17.9 Å². The normalized spacial score (nSPS) is 19.8. The number of rotatable bonds is 3. The highest BCUT2D eigenvalue weighted by Crippen LogP contribution is 2.38.